The zero-order valence-corrected chi connectivity index (χ0v) is 10.4. The molecule has 1 aromatic carbocycles. The molecule has 0 spiro atoms. The number of hydrogen-bond acceptors (Lipinski definition) is 4. The molecule has 0 saturated carbocycles. The quantitative estimate of drug-likeness (QED) is 0.762. The van der Waals surface area contributed by atoms with Gasteiger partial charge in [-0.15, -0.1) is 0 Å². The maximum atomic E-state index is 13.9. The third-order valence-corrected chi connectivity index (χ3v) is 3.27. The summed E-state index contributed by atoms with van der Waals surface area (Å²) in [5.74, 6) is -0.397. The molecule has 1 aliphatic rings. The Hall–Kier alpha value is -1.46. The largest absolute Gasteiger partial charge is 0.377 e. The Balaban J connectivity index is 2.20. The molecule has 1 aliphatic heterocycles. The average Bonchev–Trinajstić information content (AvgIpc) is 2.81. The molecule has 98 valence electrons. The second kappa shape index (κ2) is 5.46. The van der Waals surface area contributed by atoms with Crippen LogP contribution < -0.4 is 4.90 Å². The number of halogens is 1. The number of methoxy groups -OCH3 is 2. The van der Waals surface area contributed by atoms with E-state index in [1.807, 2.05) is 4.90 Å². The highest BCUT2D eigenvalue weighted by Crippen LogP contribution is 2.26. The minimum atomic E-state index is -0.397. The van der Waals surface area contributed by atoms with E-state index < -0.39 is 5.82 Å². The fourth-order valence-electron chi connectivity index (χ4n) is 2.25. The summed E-state index contributed by atoms with van der Waals surface area (Å²) in [6.45, 7) is 1.15. The molecular formula is C13H16FNO3. The van der Waals surface area contributed by atoms with E-state index in [1.54, 1.807) is 26.4 Å². The van der Waals surface area contributed by atoms with Crippen LogP contribution in [0.15, 0.2) is 18.2 Å². The highest BCUT2D eigenvalue weighted by molar-refractivity contribution is 5.76. The van der Waals surface area contributed by atoms with Gasteiger partial charge in [-0.05, 0) is 18.2 Å². The molecule has 1 saturated heterocycles. The van der Waals surface area contributed by atoms with Crippen LogP contribution in [0.5, 0.6) is 0 Å². The Kier molecular flexibility index (Phi) is 3.93. The van der Waals surface area contributed by atoms with Crippen molar-refractivity contribution >= 4 is 12.0 Å². The van der Waals surface area contributed by atoms with Crippen molar-refractivity contribution in [3.63, 3.8) is 0 Å². The summed E-state index contributed by atoms with van der Waals surface area (Å²) in [5, 5.41) is 0. The van der Waals surface area contributed by atoms with Gasteiger partial charge in [0.1, 0.15) is 24.3 Å². The fourth-order valence-corrected chi connectivity index (χ4v) is 2.25. The minimum Gasteiger partial charge on any atom is -0.377 e. The Bertz CT molecular complexity index is 426. The van der Waals surface area contributed by atoms with Crippen molar-refractivity contribution < 1.29 is 18.7 Å². The van der Waals surface area contributed by atoms with Gasteiger partial charge in [0.25, 0.3) is 0 Å². The zero-order chi connectivity index (χ0) is 13.1. The van der Waals surface area contributed by atoms with Crippen LogP contribution in [0, 0.1) is 5.82 Å². The van der Waals surface area contributed by atoms with Gasteiger partial charge in [0.2, 0.25) is 0 Å². The maximum Gasteiger partial charge on any atom is 0.150 e. The van der Waals surface area contributed by atoms with Gasteiger partial charge in [0, 0.05) is 32.9 Å². The second-order valence-corrected chi connectivity index (χ2v) is 4.28. The highest BCUT2D eigenvalue weighted by atomic mass is 19.1. The van der Waals surface area contributed by atoms with Crippen molar-refractivity contribution in [1.82, 2.24) is 0 Å². The highest BCUT2D eigenvalue weighted by Gasteiger charge is 2.34. The Morgan fingerprint density at radius 3 is 2.33 bits per heavy atom. The molecule has 2 atom stereocenters. The summed E-state index contributed by atoms with van der Waals surface area (Å²) < 4.78 is 24.5. The monoisotopic (exact) mass is 253 g/mol. The van der Waals surface area contributed by atoms with Crippen LogP contribution in [0.1, 0.15) is 10.4 Å². The van der Waals surface area contributed by atoms with Crippen molar-refractivity contribution in [3.05, 3.63) is 29.6 Å². The van der Waals surface area contributed by atoms with E-state index in [0.717, 1.165) is 0 Å². The predicted octanol–water partition coefficient (Wildman–Crippen LogP) is 1.49. The number of rotatable bonds is 4. The summed E-state index contributed by atoms with van der Waals surface area (Å²) in [5.41, 5.74) is 0.809. The van der Waals surface area contributed by atoms with Crippen molar-refractivity contribution in [2.24, 2.45) is 0 Å². The SMILES string of the molecule is COC1CN(c2ccc(C=O)cc2F)CC1OC. The lowest BCUT2D eigenvalue weighted by molar-refractivity contribution is -0.00461. The molecule has 5 heteroatoms. The van der Waals surface area contributed by atoms with Crippen LogP contribution in [0.2, 0.25) is 0 Å². The molecule has 2 unspecified atom stereocenters. The first-order valence-corrected chi connectivity index (χ1v) is 5.75. The molecule has 2 rings (SSSR count). The van der Waals surface area contributed by atoms with Crippen LogP contribution in [0.3, 0.4) is 0 Å². The number of ether oxygens (including phenoxy) is 2. The van der Waals surface area contributed by atoms with Crippen LogP contribution in [0.4, 0.5) is 10.1 Å². The van der Waals surface area contributed by atoms with Gasteiger partial charge < -0.3 is 14.4 Å². The van der Waals surface area contributed by atoms with Crippen LogP contribution in [-0.4, -0.2) is 45.8 Å². The van der Waals surface area contributed by atoms with Crippen molar-refractivity contribution in [2.45, 2.75) is 12.2 Å². The Morgan fingerprint density at radius 2 is 1.89 bits per heavy atom. The molecular weight excluding hydrogens is 237 g/mol. The fraction of sp³-hybridized carbons (Fsp3) is 0.462. The normalized spacial score (nSPS) is 23.4. The lowest BCUT2D eigenvalue weighted by atomic mass is 10.2. The van der Waals surface area contributed by atoms with E-state index in [9.17, 15) is 9.18 Å². The molecule has 0 aromatic heterocycles. The smallest absolute Gasteiger partial charge is 0.150 e. The van der Waals surface area contributed by atoms with Crippen molar-refractivity contribution in [1.29, 1.82) is 0 Å². The van der Waals surface area contributed by atoms with Gasteiger partial charge in [-0.2, -0.15) is 0 Å². The van der Waals surface area contributed by atoms with Gasteiger partial charge in [-0.25, -0.2) is 4.39 Å². The molecule has 0 amide bonds. The molecule has 1 aromatic rings. The molecule has 0 N–H and O–H groups in total. The van der Waals surface area contributed by atoms with E-state index in [4.69, 9.17) is 9.47 Å². The summed E-state index contributed by atoms with van der Waals surface area (Å²) in [6.07, 6.45) is 0.493. The molecule has 4 nitrogen and oxygen atoms in total. The summed E-state index contributed by atoms with van der Waals surface area (Å²) in [4.78, 5) is 12.4. The van der Waals surface area contributed by atoms with Gasteiger partial charge in [0.05, 0.1) is 5.69 Å². The number of nitrogens with zero attached hydrogens (tertiary/aromatic N) is 1. The average molecular weight is 253 g/mol. The Morgan fingerprint density at radius 1 is 1.28 bits per heavy atom. The zero-order valence-electron chi connectivity index (χ0n) is 10.4. The number of carbonyl (C=O) groups excluding carboxylic acids is 1. The third-order valence-electron chi connectivity index (χ3n) is 3.27. The van der Waals surface area contributed by atoms with E-state index in [-0.39, 0.29) is 12.2 Å². The first kappa shape index (κ1) is 13.0. The lowest BCUT2D eigenvalue weighted by Gasteiger charge is -2.18. The van der Waals surface area contributed by atoms with E-state index in [1.165, 1.54) is 6.07 Å². The van der Waals surface area contributed by atoms with E-state index in [2.05, 4.69) is 0 Å². The number of hydrogen-bond donors (Lipinski definition) is 0. The predicted molar refractivity (Wildman–Crippen MR) is 65.6 cm³/mol. The van der Waals surface area contributed by atoms with Crippen molar-refractivity contribution in [3.8, 4) is 0 Å². The standard InChI is InChI=1S/C13H16FNO3/c1-17-12-6-15(7-13(12)18-2)11-4-3-9(8-16)5-10(11)14/h3-5,8,12-13H,6-7H2,1-2H3. The van der Waals surface area contributed by atoms with Gasteiger partial charge in [0.15, 0.2) is 0 Å². The molecule has 0 radical (unpaired) electrons. The first-order chi connectivity index (χ1) is 8.69. The third kappa shape index (κ3) is 2.37. The summed E-state index contributed by atoms with van der Waals surface area (Å²) in [7, 11) is 3.23. The second-order valence-electron chi connectivity index (χ2n) is 4.28. The number of anilines is 1. The van der Waals surface area contributed by atoms with Crippen LogP contribution >= 0.6 is 0 Å². The Labute approximate surface area is 105 Å². The molecule has 1 fully saturated rings. The van der Waals surface area contributed by atoms with Crippen LogP contribution in [0.25, 0.3) is 0 Å². The number of benzene rings is 1. The molecule has 1 heterocycles. The van der Waals surface area contributed by atoms with E-state index >= 15 is 0 Å². The maximum absolute atomic E-state index is 13.9. The first-order valence-electron chi connectivity index (χ1n) is 5.75. The summed E-state index contributed by atoms with van der Waals surface area (Å²) >= 11 is 0. The topological polar surface area (TPSA) is 38.8 Å². The van der Waals surface area contributed by atoms with Gasteiger partial charge >= 0.3 is 0 Å². The number of aldehydes is 1. The lowest BCUT2D eigenvalue weighted by Crippen LogP contribution is -2.27. The van der Waals surface area contributed by atoms with Gasteiger partial charge in [-0.1, -0.05) is 0 Å². The van der Waals surface area contributed by atoms with Gasteiger partial charge in [-0.3, -0.25) is 4.79 Å². The number of carbonyl (C=O) groups is 1. The molecule has 0 bridgehead atoms. The van der Waals surface area contributed by atoms with Crippen LogP contribution in [-0.2, 0) is 9.47 Å². The molecule has 18 heavy (non-hydrogen) atoms. The minimum absolute atomic E-state index is 0.0693. The molecule has 0 aliphatic carbocycles. The summed E-state index contributed by atoms with van der Waals surface area (Å²) in [6, 6.07) is 4.46. The van der Waals surface area contributed by atoms with E-state index in [0.29, 0.717) is 30.6 Å². The van der Waals surface area contributed by atoms with Crippen molar-refractivity contribution in [2.75, 3.05) is 32.2 Å².